The maximum Gasteiger partial charge on any atom is 0.252 e. The lowest BCUT2D eigenvalue weighted by molar-refractivity contribution is 0.0941. The SMILES string of the molecule is O=C(N[C@@H]1C=C[C@H](CO)C1)c1ccccc1-c1ccccc1. The Kier molecular flexibility index (Phi) is 4.35. The first-order valence-corrected chi connectivity index (χ1v) is 7.52. The third kappa shape index (κ3) is 3.10. The molecule has 0 heterocycles. The Morgan fingerprint density at radius 3 is 2.50 bits per heavy atom. The van der Waals surface area contributed by atoms with Crippen molar-refractivity contribution in [1.82, 2.24) is 5.32 Å². The monoisotopic (exact) mass is 293 g/mol. The lowest BCUT2D eigenvalue weighted by atomic mass is 9.99. The predicted octanol–water partition coefficient (Wildman–Crippen LogP) is 3.02. The molecule has 0 saturated heterocycles. The van der Waals surface area contributed by atoms with Gasteiger partial charge in [0.15, 0.2) is 0 Å². The summed E-state index contributed by atoms with van der Waals surface area (Å²) in [7, 11) is 0. The maximum absolute atomic E-state index is 12.6. The van der Waals surface area contributed by atoms with E-state index in [9.17, 15) is 4.79 Å². The van der Waals surface area contributed by atoms with Crippen LogP contribution in [0.15, 0.2) is 66.7 Å². The number of hydrogen-bond donors (Lipinski definition) is 2. The van der Waals surface area contributed by atoms with Gasteiger partial charge in [0.1, 0.15) is 0 Å². The Balaban J connectivity index is 1.80. The third-order valence-corrected chi connectivity index (χ3v) is 3.98. The highest BCUT2D eigenvalue weighted by atomic mass is 16.3. The number of carbonyl (C=O) groups excluding carboxylic acids is 1. The van der Waals surface area contributed by atoms with Crippen molar-refractivity contribution >= 4 is 5.91 Å². The highest BCUT2D eigenvalue weighted by molar-refractivity contribution is 6.01. The summed E-state index contributed by atoms with van der Waals surface area (Å²) >= 11 is 0. The van der Waals surface area contributed by atoms with Crippen molar-refractivity contribution in [3.8, 4) is 11.1 Å². The standard InChI is InChI=1S/C19H19NO2/c21-13-14-10-11-16(12-14)20-19(22)18-9-5-4-8-17(18)15-6-2-1-3-7-15/h1-11,14,16,21H,12-13H2,(H,20,22)/t14-,16+/m0/s1. The topological polar surface area (TPSA) is 49.3 Å². The predicted molar refractivity (Wildman–Crippen MR) is 87.5 cm³/mol. The minimum Gasteiger partial charge on any atom is -0.396 e. The molecule has 2 N–H and O–H groups in total. The Labute approximate surface area is 130 Å². The Bertz CT molecular complexity index is 679. The molecule has 2 atom stereocenters. The number of rotatable bonds is 4. The highest BCUT2D eigenvalue weighted by Crippen LogP contribution is 2.24. The van der Waals surface area contributed by atoms with Gasteiger partial charge in [-0.1, -0.05) is 60.7 Å². The summed E-state index contributed by atoms with van der Waals surface area (Å²) in [5.74, 6) is 0.0716. The summed E-state index contributed by atoms with van der Waals surface area (Å²) < 4.78 is 0. The van der Waals surface area contributed by atoms with Crippen LogP contribution in [0.2, 0.25) is 0 Å². The lowest BCUT2D eigenvalue weighted by Gasteiger charge is -2.15. The van der Waals surface area contributed by atoms with Gasteiger partial charge in [0.2, 0.25) is 0 Å². The van der Waals surface area contributed by atoms with Gasteiger partial charge in [-0.25, -0.2) is 0 Å². The van der Waals surface area contributed by atoms with Crippen molar-refractivity contribution in [2.24, 2.45) is 5.92 Å². The number of aliphatic hydroxyl groups excluding tert-OH is 1. The van der Waals surface area contributed by atoms with Gasteiger partial charge in [0.05, 0.1) is 0 Å². The van der Waals surface area contributed by atoms with Crippen LogP contribution in [-0.2, 0) is 0 Å². The van der Waals surface area contributed by atoms with Crippen LogP contribution in [0.1, 0.15) is 16.8 Å². The second kappa shape index (κ2) is 6.58. The molecule has 0 spiro atoms. The van der Waals surface area contributed by atoms with E-state index in [-0.39, 0.29) is 24.5 Å². The molecule has 3 rings (SSSR count). The molecule has 2 aromatic rings. The van der Waals surface area contributed by atoms with Gasteiger partial charge in [-0.05, 0) is 23.6 Å². The molecule has 0 bridgehead atoms. The third-order valence-electron chi connectivity index (χ3n) is 3.98. The Morgan fingerprint density at radius 2 is 1.77 bits per heavy atom. The van der Waals surface area contributed by atoms with Crippen molar-refractivity contribution in [2.75, 3.05) is 6.61 Å². The van der Waals surface area contributed by atoms with E-state index in [1.807, 2.05) is 66.7 Å². The molecule has 1 aliphatic carbocycles. The van der Waals surface area contributed by atoms with Gasteiger partial charge >= 0.3 is 0 Å². The molecule has 3 nitrogen and oxygen atoms in total. The summed E-state index contributed by atoms with van der Waals surface area (Å²) in [6.45, 7) is 0.128. The first-order chi connectivity index (χ1) is 10.8. The van der Waals surface area contributed by atoms with Gasteiger partial charge in [-0.2, -0.15) is 0 Å². The van der Waals surface area contributed by atoms with Gasteiger partial charge in [0, 0.05) is 24.1 Å². The van der Waals surface area contributed by atoms with Crippen LogP contribution >= 0.6 is 0 Å². The van der Waals surface area contributed by atoms with Crippen LogP contribution < -0.4 is 5.32 Å². The van der Waals surface area contributed by atoms with Gasteiger partial charge in [-0.3, -0.25) is 4.79 Å². The van der Waals surface area contributed by atoms with Gasteiger partial charge in [0.25, 0.3) is 5.91 Å². The second-order valence-corrected chi connectivity index (χ2v) is 5.55. The zero-order valence-electron chi connectivity index (χ0n) is 12.3. The first kappa shape index (κ1) is 14.5. The fourth-order valence-electron chi connectivity index (χ4n) is 2.81. The number of hydrogen-bond acceptors (Lipinski definition) is 2. The van der Waals surface area contributed by atoms with Crippen LogP contribution in [0.3, 0.4) is 0 Å². The average Bonchev–Trinajstić information content (AvgIpc) is 3.03. The maximum atomic E-state index is 12.6. The molecule has 1 amide bonds. The summed E-state index contributed by atoms with van der Waals surface area (Å²) in [6, 6.07) is 17.5. The number of benzene rings is 2. The molecule has 0 fully saturated rings. The van der Waals surface area contributed by atoms with E-state index in [4.69, 9.17) is 5.11 Å². The molecule has 3 heteroatoms. The number of aliphatic hydroxyl groups is 1. The molecule has 0 radical (unpaired) electrons. The normalized spacial score (nSPS) is 20.0. The zero-order valence-corrected chi connectivity index (χ0v) is 12.3. The van der Waals surface area contributed by atoms with E-state index in [0.29, 0.717) is 5.56 Å². The molecule has 2 aromatic carbocycles. The van der Waals surface area contributed by atoms with E-state index >= 15 is 0 Å². The molecule has 112 valence electrons. The fraction of sp³-hybridized carbons (Fsp3) is 0.211. The molecule has 22 heavy (non-hydrogen) atoms. The quantitative estimate of drug-likeness (QED) is 0.851. The van der Waals surface area contributed by atoms with E-state index in [1.54, 1.807) is 0 Å². The minimum atomic E-state index is -0.0762. The molecule has 0 saturated carbocycles. The van der Waals surface area contributed by atoms with Crippen LogP contribution in [0.25, 0.3) is 11.1 Å². The fourth-order valence-corrected chi connectivity index (χ4v) is 2.81. The van der Waals surface area contributed by atoms with Crippen LogP contribution in [-0.4, -0.2) is 23.7 Å². The molecular weight excluding hydrogens is 274 g/mol. The van der Waals surface area contributed by atoms with Gasteiger partial charge < -0.3 is 10.4 Å². The smallest absolute Gasteiger partial charge is 0.252 e. The molecule has 1 aliphatic rings. The largest absolute Gasteiger partial charge is 0.396 e. The lowest BCUT2D eigenvalue weighted by Crippen LogP contribution is -2.33. The van der Waals surface area contributed by atoms with Gasteiger partial charge in [-0.15, -0.1) is 0 Å². The van der Waals surface area contributed by atoms with Crippen molar-refractivity contribution in [2.45, 2.75) is 12.5 Å². The number of carbonyl (C=O) groups is 1. The zero-order chi connectivity index (χ0) is 15.4. The van der Waals surface area contributed by atoms with E-state index in [2.05, 4.69) is 5.32 Å². The van der Waals surface area contributed by atoms with Crippen LogP contribution in [0, 0.1) is 5.92 Å². The van der Waals surface area contributed by atoms with E-state index in [0.717, 1.165) is 17.5 Å². The molecule has 0 unspecified atom stereocenters. The minimum absolute atomic E-state index is 0.00604. The molecule has 0 aliphatic heterocycles. The summed E-state index contributed by atoms with van der Waals surface area (Å²) in [4.78, 5) is 12.6. The van der Waals surface area contributed by atoms with E-state index < -0.39 is 0 Å². The van der Waals surface area contributed by atoms with Crippen LogP contribution in [0.4, 0.5) is 0 Å². The number of nitrogens with one attached hydrogen (secondary N) is 1. The average molecular weight is 293 g/mol. The number of amides is 1. The molecule has 0 aromatic heterocycles. The summed E-state index contributed by atoms with van der Waals surface area (Å²) in [6.07, 6.45) is 4.69. The second-order valence-electron chi connectivity index (χ2n) is 5.55. The van der Waals surface area contributed by atoms with Crippen molar-refractivity contribution in [3.05, 3.63) is 72.3 Å². The summed E-state index contributed by atoms with van der Waals surface area (Å²) in [5, 5.41) is 12.2. The molecular formula is C19H19NO2. The summed E-state index contributed by atoms with van der Waals surface area (Å²) in [5.41, 5.74) is 2.64. The highest BCUT2D eigenvalue weighted by Gasteiger charge is 2.21. The van der Waals surface area contributed by atoms with Crippen LogP contribution in [0.5, 0.6) is 0 Å². The van der Waals surface area contributed by atoms with Crippen molar-refractivity contribution < 1.29 is 9.90 Å². The van der Waals surface area contributed by atoms with Crippen molar-refractivity contribution in [1.29, 1.82) is 0 Å². The first-order valence-electron chi connectivity index (χ1n) is 7.52. The Hall–Kier alpha value is -2.39. The van der Waals surface area contributed by atoms with E-state index in [1.165, 1.54) is 0 Å². The Morgan fingerprint density at radius 1 is 1.05 bits per heavy atom. The van der Waals surface area contributed by atoms with Crippen molar-refractivity contribution in [3.63, 3.8) is 0 Å².